The Balaban J connectivity index is 1.83. The first-order valence-corrected chi connectivity index (χ1v) is 9.97. The molecule has 1 aliphatic heterocycles. The molecule has 0 atom stereocenters. The van der Waals surface area contributed by atoms with Gasteiger partial charge in [0.15, 0.2) is 0 Å². The highest BCUT2D eigenvalue weighted by molar-refractivity contribution is 6.46. The van der Waals surface area contributed by atoms with Crippen molar-refractivity contribution < 1.29 is 9.59 Å². The molecule has 4 nitrogen and oxygen atoms in total. The first-order chi connectivity index (χ1) is 14.4. The fraction of sp³-hybridized carbons (Fsp3) is 0.154. The van der Waals surface area contributed by atoms with E-state index in [2.05, 4.69) is 5.32 Å². The van der Waals surface area contributed by atoms with Gasteiger partial charge in [-0.2, -0.15) is 0 Å². The molecular formula is C26H24N2O2. The molecule has 4 rings (SSSR count). The molecule has 0 bridgehead atoms. The number of carbonyl (C=O) groups is 2. The lowest BCUT2D eigenvalue weighted by molar-refractivity contribution is -0.120. The summed E-state index contributed by atoms with van der Waals surface area (Å²) < 4.78 is 0. The predicted molar refractivity (Wildman–Crippen MR) is 121 cm³/mol. The molecule has 0 spiro atoms. The van der Waals surface area contributed by atoms with Crippen LogP contribution in [0.1, 0.15) is 27.8 Å². The van der Waals surface area contributed by atoms with E-state index in [1.54, 1.807) is 0 Å². The third-order valence-electron chi connectivity index (χ3n) is 5.54. The van der Waals surface area contributed by atoms with Gasteiger partial charge in [-0.3, -0.25) is 9.59 Å². The van der Waals surface area contributed by atoms with E-state index in [9.17, 15) is 9.59 Å². The number of imide groups is 1. The summed E-state index contributed by atoms with van der Waals surface area (Å²) in [4.78, 5) is 28.2. The van der Waals surface area contributed by atoms with Gasteiger partial charge in [-0.25, -0.2) is 4.90 Å². The quantitative estimate of drug-likeness (QED) is 0.608. The third kappa shape index (κ3) is 3.41. The maximum atomic E-state index is 13.5. The maximum absolute atomic E-state index is 13.5. The highest BCUT2D eigenvalue weighted by Crippen LogP contribution is 2.34. The zero-order valence-corrected chi connectivity index (χ0v) is 17.6. The molecule has 0 radical (unpaired) electrons. The van der Waals surface area contributed by atoms with Crippen LogP contribution in [0.25, 0.3) is 5.57 Å². The SMILES string of the molecule is Cc1ccc(NC2=C(c3ccccc3)C(=O)N(c3ccc(C)c(C)c3)C2=O)c(C)c1. The lowest BCUT2D eigenvalue weighted by Crippen LogP contribution is -2.32. The van der Waals surface area contributed by atoms with Crippen LogP contribution in [0.2, 0.25) is 0 Å². The molecule has 1 heterocycles. The molecule has 0 saturated heterocycles. The second-order valence-corrected chi connectivity index (χ2v) is 7.77. The van der Waals surface area contributed by atoms with Crippen molar-refractivity contribution in [3.8, 4) is 0 Å². The van der Waals surface area contributed by atoms with Crippen molar-refractivity contribution in [1.82, 2.24) is 0 Å². The van der Waals surface area contributed by atoms with Crippen LogP contribution in [0.3, 0.4) is 0 Å². The summed E-state index contributed by atoms with van der Waals surface area (Å²) in [5.41, 5.74) is 7.10. The number of hydrogen-bond acceptors (Lipinski definition) is 3. The van der Waals surface area contributed by atoms with Gasteiger partial charge in [-0.15, -0.1) is 0 Å². The maximum Gasteiger partial charge on any atom is 0.282 e. The summed E-state index contributed by atoms with van der Waals surface area (Å²) in [5.74, 6) is -0.663. The Morgan fingerprint density at radius 2 is 1.43 bits per heavy atom. The van der Waals surface area contributed by atoms with Crippen LogP contribution in [0, 0.1) is 27.7 Å². The summed E-state index contributed by atoms with van der Waals surface area (Å²) in [6.45, 7) is 8.00. The molecule has 0 aliphatic carbocycles. The number of aryl methyl sites for hydroxylation is 4. The summed E-state index contributed by atoms with van der Waals surface area (Å²) in [5, 5.41) is 3.26. The molecule has 3 aromatic carbocycles. The van der Waals surface area contributed by atoms with Gasteiger partial charge in [-0.05, 0) is 68.1 Å². The van der Waals surface area contributed by atoms with Gasteiger partial charge in [0.1, 0.15) is 5.70 Å². The van der Waals surface area contributed by atoms with Gasteiger partial charge in [0.05, 0.1) is 11.3 Å². The van der Waals surface area contributed by atoms with Crippen LogP contribution >= 0.6 is 0 Å². The van der Waals surface area contributed by atoms with Gasteiger partial charge < -0.3 is 5.32 Å². The van der Waals surface area contributed by atoms with Gasteiger partial charge in [0, 0.05) is 5.69 Å². The minimum atomic E-state index is -0.345. The highest BCUT2D eigenvalue weighted by atomic mass is 16.2. The fourth-order valence-corrected chi connectivity index (χ4v) is 3.71. The van der Waals surface area contributed by atoms with E-state index in [0.717, 1.165) is 33.5 Å². The number of amides is 2. The molecular weight excluding hydrogens is 372 g/mol. The molecule has 30 heavy (non-hydrogen) atoms. The molecule has 0 saturated carbocycles. The minimum absolute atomic E-state index is 0.302. The van der Waals surface area contributed by atoms with E-state index < -0.39 is 0 Å². The fourth-order valence-electron chi connectivity index (χ4n) is 3.71. The van der Waals surface area contributed by atoms with Crippen molar-refractivity contribution >= 4 is 28.8 Å². The van der Waals surface area contributed by atoms with Crippen LogP contribution in [0.5, 0.6) is 0 Å². The number of rotatable bonds is 4. The Morgan fingerprint density at radius 3 is 2.10 bits per heavy atom. The molecule has 1 aliphatic rings. The van der Waals surface area contributed by atoms with Crippen LogP contribution in [-0.4, -0.2) is 11.8 Å². The second-order valence-electron chi connectivity index (χ2n) is 7.77. The van der Waals surface area contributed by atoms with E-state index >= 15 is 0 Å². The topological polar surface area (TPSA) is 49.4 Å². The zero-order chi connectivity index (χ0) is 21.4. The molecule has 2 amide bonds. The van der Waals surface area contributed by atoms with Crippen molar-refractivity contribution in [2.75, 3.05) is 10.2 Å². The summed E-state index contributed by atoms with van der Waals surface area (Å²) in [7, 11) is 0. The molecule has 4 heteroatoms. The van der Waals surface area contributed by atoms with Gasteiger partial charge in [0.2, 0.25) is 0 Å². The van der Waals surface area contributed by atoms with E-state index in [0.29, 0.717) is 17.0 Å². The van der Waals surface area contributed by atoms with Crippen LogP contribution in [0.4, 0.5) is 11.4 Å². The Bertz CT molecular complexity index is 1190. The highest BCUT2D eigenvalue weighted by Gasteiger charge is 2.40. The molecule has 0 fully saturated rings. The van der Waals surface area contributed by atoms with Crippen molar-refractivity contribution in [2.45, 2.75) is 27.7 Å². The van der Waals surface area contributed by atoms with E-state index in [4.69, 9.17) is 0 Å². The Hall–Kier alpha value is -3.66. The predicted octanol–water partition coefficient (Wildman–Crippen LogP) is 5.32. The zero-order valence-electron chi connectivity index (χ0n) is 17.6. The number of hydrogen-bond donors (Lipinski definition) is 1. The Kier molecular flexibility index (Phi) is 5.00. The molecule has 1 N–H and O–H groups in total. The third-order valence-corrected chi connectivity index (χ3v) is 5.54. The van der Waals surface area contributed by atoms with E-state index in [-0.39, 0.29) is 11.8 Å². The minimum Gasteiger partial charge on any atom is -0.350 e. The lowest BCUT2D eigenvalue weighted by atomic mass is 10.0. The first-order valence-electron chi connectivity index (χ1n) is 9.97. The number of nitrogens with zero attached hydrogens (tertiary/aromatic N) is 1. The Labute approximate surface area is 176 Å². The molecule has 3 aromatic rings. The summed E-state index contributed by atoms with van der Waals surface area (Å²) in [6.07, 6.45) is 0. The smallest absolute Gasteiger partial charge is 0.282 e. The average molecular weight is 396 g/mol. The van der Waals surface area contributed by atoms with Crippen LogP contribution in [0.15, 0.2) is 72.4 Å². The number of anilines is 2. The average Bonchev–Trinajstić information content (AvgIpc) is 2.96. The summed E-state index contributed by atoms with van der Waals surface area (Å²) in [6, 6.07) is 21.0. The standard InChI is InChI=1S/C26H24N2O2/c1-16-10-13-22(19(4)14-16)27-24-23(20-8-6-5-7-9-20)25(29)28(26(24)30)21-12-11-17(2)18(3)15-21/h5-15,27H,1-4H3. The monoisotopic (exact) mass is 396 g/mol. The van der Waals surface area contributed by atoms with Crippen molar-refractivity contribution in [1.29, 1.82) is 0 Å². The van der Waals surface area contributed by atoms with Crippen molar-refractivity contribution in [3.63, 3.8) is 0 Å². The van der Waals surface area contributed by atoms with E-state index in [1.807, 2.05) is 94.4 Å². The first kappa shape index (κ1) is 19.6. The molecule has 0 aromatic heterocycles. The van der Waals surface area contributed by atoms with Gasteiger partial charge in [-0.1, -0.05) is 54.1 Å². The normalized spacial score (nSPS) is 13.9. The number of benzene rings is 3. The van der Waals surface area contributed by atoms with Gasteiger partial charge in [0.25, 0.3) is 11.8 Å². The van der Waals surface area contributed by atoms with Crippen molar-refractivity contribution in [3.05, 3.63) is 100 Å². The van der Waals surface area contributed by atoms with E-state index in [1.165, 1.54) is 4.90 Å². The second kappa shape index (κ2) is 7.64. The number of nitrogens with one attached hydrogen (secondary N) is 1. The largest absolute Gasteiger partial charge is 0.350 e. The Morgan fingerprint density at radius 1 is 0.700 bits per heavy atom. The van der Waals surface area contributed by atoms with Crippen molar-refractivity contribution in [2.24, 2.45) is 0 Å². The number of carbonyl (C=O) groups excluding carboxylic acids is 2. The van der Waals surface area contributed by atoms with Crippen LogP contribution in [-0.2, 0) is 9.59 Å². The molecule has 0 unspecified atom stereocenters. The molecule has 150 valence electrons. The van der Waals surface area contributed by atoms with Crippen LogP contribution < -0.4 is 10.2 Å². The summed E-state index contributed by atoms with van der Waals surface area (Å²) >= 11 is 0. The van der Waals surface area contributed by atoms with Gasteiger partial charge >= 0.3 is 0 Å². The lowest BCUT2D eigenvalue weighted by Gasteiger charge is -2.17.